The molecule has 0 unspecified atom stereocenters. The van der Waals surface area contributed by atoms with Crippen LogP contribution >= 0.6 is 0 Å². The van der Waals surface area contributed by atoms with Crippen molar-refractivity contribution in [1.29, 1.82) is 0 Å². The number of methoxy groups -OCH3 is 2. The Morgan fingerprint density at radius 2 is 1.18 bits per heavy atom. The van der Waals surface area contributed by atoms with E-state index in [9.17, 15) is 4.79 Å². The summed E-state index contributed by atoms with van der Waals surface area (Å²) in [6.45, 7) is 5.57. The van der Waals surface area contributed by atoms with Gasteiger partial charge in [0, 0.05) is 35.2 Å². The number of carbonyl (C=O) groups is 1. The fourth-order valence-corrected chi connectivity index (χ4v) is 5.23. The summed E-state index contributed by atoms with van der Waals surface area (Å²) in [5.41, 5.74) is 6.93. The second-order valence-corrected chi connectivity index (χ2v) is 11.3. The summed E-state index contributed by atoms with van der Waals surface area (Å²) in [6.07, 6.45) is 4.05. The number of aromatic nitrogens is 2. The van der Waals surface area contributed by atoms with E-state index < -0.39 is 0 Å². The van der Waals surface area contributed by atoms with Gasteiger partial charge in [-0.3, -0.25) is 4.79 Å². The molecule has 5 rings (SSSR count). The number of pyridine rings is 1. The summed E-state index contributed by atoms with van der Waals surface area (Å²) in [4.78, 5) is 17.0. The number of aliphatic hydroxyl groups is 1. The number of fused-ring (bicyclic) bond motifs is 1. The van der Waals surface area contributed by atoms with Gasteiger partial charge in [-0.1, -0.05) is 24.3 Å². The van der Waals surface area contributed by atoms with Gasteiger partial charge in [-0.05, 0) is 66.1 Å². The molecular weight excluding hydrogens is 640 g/mol. The molecule has 0 aliphatic heterocycles. The molecule has 0 aliphatic carbocycles. The molecule has 5 aromatic rings. The van der Waals surface area contributed by atoms with Crippen molar-refractivity contribution in [2.24, 2.45) is 0 Å². The minimum absolute atomic E-state index is 0.0133. The van der Waals surface area contributed by atoms with Gasteiger partial charge < -0.3 is 42.7 Å². The van der Waals surface area contributed by atoms with E-state index in [1.807, 2.05) is 83.5 Å². The lowest BCUT2D eigenvalue weighted by molar-refractivity contribution is -0.00779. The molecule has 2 heterocycles. The number of carbonyl (C=O) groups excluding carboxylic acids is 1. The predicted molar refractivity (Wildman–Crippen MR) is 190 cm³/mol. The molecule has 0 spiro atoms. The molecule has 0 radical (unpaired) electrons. The Morgan fingerprint density at radius 3 is 1.74 bits per heavy atom. The number of Topliss-reactive ketones (excluding diaryl/α,β-unsaturated/α-hetero) is 1. The van der Waals surface area contributed by atoms with E-state index in [0.29, 0.717) is 76.5 Å². The fourth-order valence-electron chi connectivity index (χ4n) is 5.23. The number of benzene rings is 3. The third-order valence-electron chi connectivity index (χ3n) is 7.84. The second-order valence-electron chi connectivity index (χ2n) is 11.3. The monoisotopic (exact) mass is 684 g/mol. The maximum Gasteiger partial charge on any atom is 0.159 e. The zero-order chi connectivity index (χ0) is 35.1. The van der Waals surface area contributed by atoms with Crippen molar-refractivity contribution in [3.63, 3.8) is 0 Å². The van der Waals surface area contributed by atoms with Crippen molar-refractivity contribution >= 4 is 11.4 Å². The van der Waals surface area contributed by atoms with Crippen molar-refractivity contribution in [2.45, 2.75) is 6.92 Å². The van der Waals surface area contributed by atoms with Crippen molar-refractivity contribution in [3.8, 4) is 50.8 Å². The molecule has 50 heavy (non-hydrogen) atoms. The summed E-state index contributed by atoms with van der Waals surface area (Å²) in [6, 6.07) is 23.3. The molecule has 11 nitrogen and oxygen atoms in total. The lowest BCUT2D eigenvalue weighted by Gasteiger charge is -2.12. The van der Waals surface area contributed by atoms with Crippen molar-refractivity contribution in [1.82, 2.24) is 9.38 Å². The van der Waals surface area contributed by atoms with Crippen LogP contribution in [0.5, 0.6) is 17.2 Å². The van der Waals surface area contributed by atoms with Crippen molar-refractivity contribution in [3.05, 3.63) is 90.8 Å². The molecule has 0 bridgehead atoms. The SMILES string of the molecule is COc1cc(OC)cc(-c2cc(-c3ccc(C(C)=O)cc3)c3nc(-c4ccc(OCCOCCOCCOCCOCCO)cc4)cn3c2)c1. The minimum atomic E-state index is 0.0133. The smallest absolute Gasteiger partial charge is 0.159 e. The lowest BCUT2D eigenvalue weighted by Crippen LogP contribution is -2.14. The molecule has 0 amide bonds. The average Bonchev–Trinajstić information content (AvgIpc) is 3.59. The quantitative estimate of drug-likeness (QED) is 0.0729. The first-order chi connectivity index (χ1) is 24.5. The lowest BCUT2D eigenvalue weighted by atomic mass is 9.99. The Bertz CT molecular complexity index is 1780. The molecule has 0 saturated heterocycles. The van der Waals surface area contributed by atoms with Gasteiger partial charge in [0.25, 0.3) is 0 Å². The van der Waals surface area contributed by atoms with Gasteiger partial charge in [-0.2, -0.15) is 0 Å². The van der Waals surface area contributed by atoms with Gasteiger partial charge in [-0.15, -0.1) is 0 Å². The van der Waals surface area contributed by atoms with Crippen LogP contribution in [0.1, 0.15) is 17.3 Å². The number of imidazole rings is 1. The normalized spacial score (nSPS) is 11.2. The first kappa shape index (κ1) is 36.5. The highest BCUT2D eigenvalue weighted by Gasteiger charge is 2.15. The van der Waals surface area contributed by atoms with E-state index >= 15 is 0 Å². The van der Waals surface area contributed by atoms with Crippen LogP contribution in [-0.4, -0.2) is 101 Å². The summed E-state index contributed by atoms with van der Waals surface area (Å²) >= 11 is 0. The highest BCUT2D eigenvalue weighted by atomic mass is 16.6. The summed E-state index contributed by atoms with van der Waals surface area (Å²) in [5, 5.41) is 8.66. The molecule has 0 saturated carbocycles. The zero-order valence-electron chi connectivity index (χ0n) is 28.8. The van der Waals surface area contributed by atoms with E-state index in [2.05, 4.69) is 6.07 Å². The summed E-state index contributed by atoms with van der Waals surface area (Å²) < 4.78 is 40.6. The average molecular weight is 685 g/mol. The van der Waals surface area contributed by atoms with Gasteiger partial charge in [-0.25, -0.2) is 4.98 Å². The van der Waals surface area contributed by atoms with Crippen molar-refractivity contribution < 1.29 is 43.1 Å². The zero-order valence-corrected chi connectivity index (χ0v) is 28.8. The Labute approximate surface area is 292 Å². The standard InChI is InChI=1S/C39H44N2O9/c1-28(43)29-4-6-30(7-5-29)37-24-33(32-22-35(44-2)25-36(23-32)45-3)26-41-27-38(40-39(37)41)31-8-10-34(11-9-31)50-21-20-49-19-18-48-17-16-47-15-14-46-13-12-42/h4-11,22-27,42H,12-21H2,1-3H3. The minimum Gasteiger partial charge on any atom is -0.497 e. The third kappa shape index (κ3) is 10.1. The molecule has 11 heteroatoms. The third-order valence-corrected chi connectivity index (χ3v) is 7.84. The van der Waals surface area contributed by atoms with Crippen LogP contribution < -0.4 is 14.2 Å². The van der Waals surface area contributed by atoms with Crippen molar-refractivity contribution in [2.75, 3.05) is 80.3 Å². The number of rotatable bonds is 21. The van der Waals surface area contributed by atoms with Gasteiger partial charge in [0.1, 0.15) is 29.5 Å². The molecule has 3 aromatic carbocycles. The maximum atomic E-state index is 12.0. The van der Waals surface area contributed by atoms with Crippen LogP contribution in [0, 0.1) is 0 Å². The maximum absolute atomic E-state index is 12.0. The largest absolute Gasteiger partial charge is 0.497 e. The molecule has 0 aliphatic rings. The summed E-state index contributed by atoms with van der Waals surface area (Å²) in [7, 11) is 3.27. The van der Waals surface area contributed by atoms with Gasteiger partial charge in [0.05, 0.1) is 79.4 Å². The topological polar surface area (TPSA) is 119 Å². The Kier molecular flexibility index (Phi) is 13.8. The number of hydrogen-bond donors (Lipinski definition) is 1. The predicted octanol–water partition coefficient (Wildman–Crippen LogP) is 5.99. The molecule has 1 N–H and O–H groups in total. The molecule has 0 atom stereocenters. The van der Waals surface area contributed by atoms with E-state index in [0.717, 1.165) is 44.9 Å². The number of ether oxygens (including phenoxy) is 7. The second kappa shape index (κ2) is 18.8. The fraction of sp³-hybridized carbons (Fsp3) is 0.333. The van der Waals surface area contributed by atoms with E-state index in [-0.39, 0.29) is 12.4 Å². The highest BCUT2D eigenvalue weighted by Crippen LogP contribution is 2.35. The van der Waals surface area contributed by atoms with Crippen LogP contribution in [0.15, 0.2) is 85.2 Å². The number of ketones is 1. The van der Waals surface area contributed by atoms with Gasteiger partial charge in [0.15, 0.2) is 5.78 Å². The van der Waals surface area contributed by atoms with Crippen LogP contribution in [0.2, 0.25) is 0 Å². The summed E-state index contributed by atoms with van der Waals surface area (Å²) in [5.74, 6) is 2.13. The van der Waals surface area contributed by atoms with Gasteiger partial charge >= 0.3 is 0 Å². The van der Waals surface area contributed by atoms with Gasteiger partial charge in [0.2, 0.25) is 0 Å². The van der Waals surface area contributed by atoms with Crippen LogP contribution in [0.3, 0.4) is 0 Å². The van der Waals surface area contributed by atoms with Crippen LogP contribution in [0.25, 0.3) is 39.2 Å². The van der Waals surface area contributed by atoms with Crippen LogP contribution in [0.4, 0.5) is 0 Å². The molecule has 2 aromatic heterocycles. The van der Waals surface area contributed by atoms with E-state index in [1.165, 1.54) is 0 Å². The molecule has 264 valence electrons. The van der Waals surface area contributed by atoms with Crippen LogP contribution in [-0.2, 0) is 18.9 Å². The Hall–Kier alpha value is -4.78. The highest BCUT2D eigenvalue weighted by molar-refractivity contribution is 5.95. The first-order valence-electron chi connectivity index (χ1n) is 16.5. The molecular formula is C39H44N2O9. The number of nitrogens with zero attached hydrogens (tertiary/aromatic N) is 2. The number of hydrogen-bond acceptors (Lipinski definition) is 10. The first-order valence-corrected chi connectivity index (χ1v) is 16.5. The van der Waals surface area contributed by atoms with E-state index in [4.69, 9.17) is 43.2 Å². The van der Waals surface area contributed by atoms with E-state index in [1.54, 1.807) is 21.1 Å². The number of aliphatic hydroxyl groups excluding tert-OH is 1. The Balaban J connectivity index is 1.22. The Morgan fingerprint density at radius 1 is 0.620 bits per heavy atom. The molecule has 0 fully saturated rings.